The maximum atomic E-state index is 12.9. The molecule has 35 heavy (non-hydrogen) atoms. The molecular weight excluding hydrogens is 462 g/mol. The fourth-order valence-corrected chi connectivity index (χ4v) is 5.99. The molecule has 3 rings (SSSR count). The van der Waals surface area contributed by atoms with Crippen LogP contribution in [0.4, 0.5) is 5.69 Å². The first-order valence-corrected chi connectivity index (χ1v) is 13.3. The quantitative estimate of drug-likeness (QED) is 0.404. The Hall–Kier alpha value is -2.88. The molecule has 0 spiro atoms. The first-order chi connectivity index (χ1) is 17.0. The molecule has 2 N–H and O–H groups in total. The average Bonchev–Trinajstić information content (AvgIpc) is 3.49. The molecule has 8 nitrogen and oxygen atoms in total. The summed E-state index contributed by atoms with van der Waals surface area (Å²) >= 11 is 1.53. The monoisotopic (exact) mass is 497 g/mol. The van der Waals surface area contributed by atoms with Crippen LogP contribution in [0.25, 0.3) is 0 Å². The number of benzene rings is 1. The smallest absolute Gasteiger partial charge is 0.238 e. The van der Waals surface area contributed by atoms with Gasteiger partial charge in [-0.05, 0) is 51.4 Å². The van der Waals surface area contributed by atoms with Crippen LogP contribution in [0, 0.1) is 29.6 Å². The van der Waals surface area contributed by atoms with Gasteiger partial charge in [0.25, 0.3) is 0 Å². The van der Waals surface area contributed by atoms with Crippen LogP contribution < -0.4 is 15.4 Å². The molecule has 0 bridgehead atoms. The van der Waals surface area contributed by atoms with Gasteiger partial charge in [0.2, 0.25) is 11.8 Å². The third-order valence-corrected chi connectivity index (χ3v) is 7.81. The van der Waals surface area contributed by atoms with E-state index in [1.165, 1.54) is 24.6 Å². The predicted molar refractivity (Wildman–Crippen MR) is 139 cm³/mol. The topological polar surface area (TPSA) is 97.7 Å². The number of carbonyl (C=O) groups is 2. The molecular formula is C26H35N5O3S. The molecule has 2 saturated heterocycles. The minimum atomic E-state index is -0.840. The molecule has 3 unspecified atom stereocenters. The summed E-state index contributed by atoms with van der Waals surface area (Å²) < 4.78 is 5.92. The van der Waals surface area contributed by atoms with E-state index in [2.05, 4.69) is 27.5 Å². The van der Waals surface area contributed by atoms with Crippen molar-refractivity contribution in [3.05, 3.63) is 24.3 Å². The van der Waals surface area contributed by atoms with E-state index in [-0.39, 0.29) is 35.4 Å². The molecule has 2 aliphatic heterocycles. The van der Waals surface area contributed by atoms with Crippen molar-refractivity contribution in [2.45, 2.75) is 43.2 Å². The second-order valence-electron chi connectivity index (χ2n) is 8.68. The summed E-state index contributed by atoms with van der Waals surface area (Å²) in [7, 11) is 0. The fourth-order valence-electron chi connectivity index (χ4n) is 4.41. The largest absolute Gasteiger partial charge is 0.492 e. The molecule has 0 aliphatic carbocycles. The number of likely N-dealkylation sites (tertiary alicyclic amines) is 1. The second-order valence-corrected chi connectivity index (χ2v) is 10.1. The average molecular weight is 498 g/mol. The van der Waals surface area contributed by atoms with Gasteiger partial charge >= 0.3 is 0 Å². The van der Waals surface area contributed by atoms with Crippen molar-refractivity contribution in [3.63, 3.8) is 0 Å². The molecule has 3 atom stereocenters. The van der Waals surface area contributed by atoms with E-state index in [9.17, 15) is 14.9 Å². The van der Waals surface area contributed by atoms with Crippen LogP contribution in [0.5, 0.6) is 5.75 Å². The normalized spacial score (nSPS) is 20.8. The van der Waals surface area contributed by atoms with Gasteiger partial charge in [0.05, 0.1) is 23.2 Å². The minimum Gasteiger partial charge on any atom is -0.492 e. The molecule has 2 heterocycles. The lowest BCUT2D eigenvalue weighted by molar-refractivity contribution is -0.131. The van der Waals surface area contributed by atoms with E-state index in [1.54, 1.807) is 4.90 Å². The number of hydrogen-bond donors (Lipinski definition) is 2. The van der Waals surface area contributed by atoms with Gasteiger partial charge in [0.1, 0.15) is 18.3 Å². The number of nitrogens with one attached hydrogen (secondary N) is 2. The van der Waals surface area contributed by atoms with E-state index in [4.69, 9.17) is 11.2 Å². The Morgan fingerprint density at radius 2 is 2.17 bits per heavy atom. The van der Waals surface area contributed by atoms with E-state index >= 15 is 0 Å². The summed E-state index contributed by atoms with van der Waals surface area (Å²) in [5.74, 6) is 2.01. The number of nitrogens with zero attached hydrogens (tertiary/aromatic N) is 3. The molecule has 0 radical (unpaired) electrons. The highest BCUT2D eigenvalue weighted by Crippen LogP contribution is 2.37. The predicted octanol–water partition coefficient (Wildman–Crippen LogP) is 2.53. The van der Waals surface area contributed by atoms with Crippen LogP contribution in [0.1, 0.15) is 32.6 Å². The summed E-state index contributed by atoms with van der Waals surface area (Å²) in [5.41, 5.74) is 0.956. The number of nitriles is 1. The molecule has 1 aromatic carbocycles. The zero-order valence-electron chi connectivity index (χ0n) is 20.4. The standard InChI is InChI=1S/C26H35N5O3S/c1-3-11-29-25(32)20(19-27)17-24-31(4-2)26(33)23(35-24)10-12-28-21-8-7-9-22(18-21)34-16-15-30-13-5-6-14-30/h1,7-9,18,20,23-24,28H,4-6,10-17H2,2H3,(H,29,32). The number of thioether (sulfide) groups is 1. The van der Waals surface area contributed by atoms with E-state index in [1.807, 2.05) is 31.2 Å². The Morgan fingerprint density at radius 3 is 2.89 bits per heavy atom. The van der Waals surface area contributed by atoms with Crippen LogP contribution in [0.3, 0.4) is 0 Å². The highest BCUT2D eigenvalue weighted by Gasteiger charge is 2.40. The Bertz CT molecular complexity index is 938. The van der Waals surface area contributed by atoms with Crippen LogP contribution in [0.15, 0.2) is 24.3 Å². The lowest BCUT2D eigenvalue weighted by Crippen LogP contribution is -2.38. The van der Waals surface area contributed by atoms with Gasteiger partial charge in [0.15, 0.2) is 0 Å². The number of terminal acetylenes is 1. The Kier molecular flexibility index (Phi) is 10.6. The number of ether oxygens (including phenoxy) is 1. The Labute approximate surface area is 212 Å². The number of amides is 2. The summed E-state index contributed by atoms with van der Waals surface area (Å²) in [6.07, 6.45) is 8.68. The molecule has 188 valence electrons. The first-order valence-electron chi connectivity index (χ1n) is 12.3. The van der Waals surface area contributed by atoms with Crippen molar-refractivity contribution >= 4 is 29.3 Å². The van der Waals surface area contributed by atoms with Gasteiger partial charge in [0, 0.05) is 37.8 Å². The van der Waals surface area contributed by atoms with Crippen LogP contribution >= 0.6 is 11.8 Å². The van der Waals surface area contributed by atoms with Crippen molar-refractivity contribution in [2.75, 3.05) is 51.2 Å². The highest BCUT2D eigenvalue weighted by molar-refractivity contribution is 8.01. The highest BCUT2D eigenvalue weighted by atomic mass is 32.2. The van der Waals surface area contributed by atoms with Gasteiger partial charge in [-0.15, -0.1) is 18.2 Å². The first kappa shape index (κ1) is 26.7. The molecule has 0 aromatic heterocycles. The summed E-state index contributed by atoms with van der Waals surface area (Å²) in [5, 5.41) is 15.0. The van der Waals surface area contributed by atoms with Crippen molar-refractivity contribution in [1.82, 2.24) is 15.1 Å². The lowest BCUT2D eigenvalue weighted by atomic mass is 10.1. The molecule has 9 heteroatoms. The molecule has 1 aromatic rings. The van der Waals surface area contributed by atoms with Gasteiger partial charge in [-0.25, -0.2) is 0 Å². The third-order valence-electron chi connectivity index (χ3n) is 6.29. The molecule has 2 aliphatic rings. The van der Waals surface area contributed by atoms with Gasteiger partial charge in [-0.1, -0.05) is 12.0 Å². The number of rotatable bonds is 13. The number of anilines is 1. The lowest BCUT2D eigenvalue weighted by Gasteiger charge is -2.23. The van der Waals surface area contributed by atoms with Crippen molar-refractivity contribution in [3.8, 4) is 24.2 Å². The van der Waals surface area contributed by atoms with E-state index < -0.39 is 5.92 Å². The van der Waals surface area contributed by atoms with Crippen molar-refractivity contribution in [1.29, 1.82) is 5.26 Å². The van der Waals surface area contributed by atoms with Gasteiger partial charge < -0.3 is 20.3 Å². The number of carbonyl (C=O) groups excluding carboxylic acids is 2. The van der Waals surface area contributed by atoms with Crippen LogP contribution in [-0.4, -0.2) is 78.1 Å². The Morgan fingerprint density at radius 1 is 1.37 bits per heavy atom. The maximum absolute atomic E-state index is 12.9. The maximum Gasteiger partial charge on any atom is 0.238 e. The van der Waals surface area contributed by atoms with Crippen molar-refractivity contribution in [2.24, 2.45) is 5.92 Å². The van der Waals surface area contributed by atoms with Gasteiger partial charge in [-0.2, -0.15) is 5.26 Å². The molecule has 2 amide bonds. The summed E-state index contributed by atoms with van der Waals surface area (Å²) in [6.45, 7) is 7.13. The third kappa shape index (κ3) is 7.81. The minimum absolute atomic E-state index is 0.0593. The Balaban J connectivity index is 1.46. The van der Waals surface area contributed by atoms with Crippen molar-refractivity contribution < 1.29 is 14.3 Å². The number of hydrogen-bond acceptors (Lipinski definition) is 7. The summed E-state index contributed by atoms with van der Waals surface area (Å²) in [4.78, 5) is 29.3. The zero-order valence-corrected chi connectivity index (χ0v) is 21.2. The van der Waals surface area contributed by atoms with E-state index in [0.29, 0.717) is 26.1 Å². The van der Waals surface area contributed by atoms with Gasteiger partial charge in [-0.3, -0.25) is 14.5 Å². The SMILES string of the molecule is C#CCNC(=O)C(C#N)CC1SC(CCNc2cccc(OCCN3CCCC3)c2)C(=O)N1CC. The second kappa shape index (κ2) is 13.9. The van der Waals surface area contributed by atoms with Crippen LogP contribution in [0.2, 0.25) is 0 Å². The zero-order chi connectivity index (χ0) is 25.0. The fraction of sp³-hybridized carbons (Fsp3) is 0.577. The van der Waals surface area contributed by atoms with E-state index in [0.717, 1.165) is 31.1 Å². The molecule has 0 saturated carbocycles. The summed E-state index contributed by atoms with van der Waals surface area (Å²) in [6, 6.07) is 9.95. The molecule has 2 fully saturated rings. The van der Waals surface area contributed by atoms with Crippen LogP contribution in [-0.2, 0) is 9.59 Å².